The molecule has 2 rings (SSSR count). The standard InChI is InChI=1S/C13H22N4/c1-2-4-12-9-13(16-10-15-12)17-11-5-3-7-14-8-6-11/h9-11,14H,2-8H2,1H3,(H,15,16,17). The molecule has 1 aromatic rings. The van der Waals surface area contributed by atoms with Gasteiger partial charge in [-0.2, -0.15) is 0 Å². The number of nitrogens with one attached hydrogen (secondary N) is 2. The first-order chi connectivity index (χ1) is 8.38. The molecule has 0 spiro atoms. The highest BCUT2D eigenvalue weighted by Crippen LogP contribution is 2.13. The van der Waals surface area contributed by atoms with Gasteiger partial charge in [-0.15, -0.1) is 0 Å². The molecule has 0 saturated carbocycles. The van der Waals surface area contributed by atoms with E-state index in [0.717, 1.165) is 37.4 Å². The second-order valence-corrected chi connectivity index (χ2v) is 4.67. The van der Waals surface area contributed by atoms with Gasteiger partial charge >= 0.3 is 0 Å². The van der Waals surface area contributed by atoms with Crippen molar-refractivity contribution in [3.05, 3.63) is 18.1 Å². The van der Waals surface area contributed by atoms with E-state index in [0.29, 0.717) is 6.04 Å². The lowest BCUT2D eigenvalue weighted by Crippen LogP contribution is -2.22. The third-order valence-corrected chi connectivity index (χ3v) is 3.16. The maximum absolute atomic E-state index is 4.30. The number of anilines is 1. The van der Waals surface area contributed by atoms with Gasteiger partial charge in [0.2, 0.25) is 0 Å². The van der Waals surface area contributed by atoms with Crippen LogP contribution in [-0.2, 0) is 6.42 Å². The fourth-order valence-corrected chi connectivity index (χ4v) is 2.24. The summed E-state index contributed by atoms with van der Waals surface area (Å²) in [4.78, 5) is 8.58. The first-order valence-electron chi connectivity index (χ1n) is 6.66. The average molecular weight is 234 g/mol. The van der Waals surface area contributed by atoms with Crippen LogP contribution < -0.4 is 10.6 Å². The first-order valence-corrected chi connectivity index (χ1v) is 6.66. The van der Waals surface area contributed by atoms with E-state index in [1.807, 2.05) is 0 Å². The molecule has 0 bridgehead atoms. The Morgan fingerprint density at radius 3 is 3.18 bits per heavy atom. The van der Waals surface area contributed by atoms with Crippen molar-refractivity contribution in [2.75, 3.05) is 18.4 Å². The van der Waals surface area contributed by atoms with E-state index in [1.165, 1.54) is 19.3 Å². The lowest BCUT2D eigenvalue weighted by Gasteiger charge is -2.16. The van der Waals surface area contributed by atoms with Crippen LogP contribution in [0.3, 0.4) is 0 Å². The highest BCUT2D eigenvalue weighted by atomic mass is 15.0. The zero-order chi connectivity index (χ0) is 11.9. The van der Waals surface area contributed by atoms with Crippen molar-refractivity contribution in [1.82, 2.24) is 15.3 Å². The molecule has 4 heteroatoms. The smallest absolute Gasteiger partial charge is 0.129 e. The van der Waals surface area contributed by atoms with Crippen molar-refractivity contribution in [2.24, 2.45) is 0 Å². The summed E-state index contributed by atoms with van der Waals surface area (Å²) in [6, 6.07) is 2.64. The maximum atomic E-state index is 4.30. The van der Waals surface area contributed by atoms with Crippen LogP contribution >= 0.6 is 0 Å². The molecule has 0 radical (unpaired) electrons. The molecule has 2 N–H and O–H groups in total. The SMILES string of the molecule is CCCc1cc(NC2CCCNCC2)ncn1. The molecule has 17 heavy (non-hydrogen) atoms. The van der Waals surface area contributed by atoms with Crippen LogP contribution in [0.2, 0.25) is 0 Å². The molecular formula is C13H22N4. The predicted octanol–water partition coefficient (Wildman–Crippen LogP) is 1.98. The van der Waals surface area contributed by atoms with Gasteiger partial charge in [0.05, 0.1) is 0 Å². The van der Waals surface area contributed by atoms with Crippen molar-refractivity contribution in [3.8, 4) is 0 Å². The summed E-state index contributed by atoms with van der Waals surface area (Å²) in [6.07, 6.45) is 7.47. The van der Waals surface area contributed by atoms with Gasteiger partial charge in [0.25, 0.3) is 0 Å². The Kier molecular flexibility index (Phi) is 4.74. The van der Waals surface area contributed by atoms with Crippen molar-refractivity contribution in [2.45, 2.75) is 45.1 Å². The van der Waals surface area contributed by atoms with Gasteiger partial charge in [0, 0.05) is 17.8 Å². The van der Waals surface area contributed by atoms with Gasteiger partial charge in [-0.25, -0.2) is 9.97 Å². The molecule has 2 heterocycles. The Morgan fingerprint density at radius 2 is 2.29 bits per heavy atom. The Balaban J connectivity index is 1.94. The fraction of sp³-hybridized carbons (Fsp3) is 0.692. The Bertz CT molecular complexity index is 332. The molecule has 1 aliphatic rings. The minimum Gasteiger partial charge on any atom is -0.367 e. The number of hydrogen-bond donors (Lipinski definition) is 2. The zero-order valence-electron chi connectivity index (χ0n) is 10.6. The average Bonchev–Trinajstić information content (AvgIpc) is 2.59. The van der Waals surface area contributed by atoms with Crippen LogP contribution in [0.15, 0.2) is 12.4 Å². The van der Waals surface area contributed by atoms with Gasteiger partial charge in [0.15, 0.2) is 0 Å². The van der Waals surface area contributed by atoms with Crippen LogP contribution in [0.5, 0.6) is 0 Å². The molecule has 0 aliphatic carbocycles. The van der Waals surface area contributed by atoms with Crippen LogP contribution in [0, 0.1) is 0 Å². The summed E-state index contributed by atoms with van der Waals surface area (Å²) >= 11 is 0. The molecule has 94 valence electrons. The van der Waals surface area contributed by atoms with Crippen LogP contribution in [0.1, 0.15) is 38.3 Å². The van der Waals surface area contributed by atoms with E-state index in [-0.39, 0.29) is 0 Å². The van der Waals surface area contributed by atoms with E-state index in [2.05, 4.69) is 33.6 Å². The Labute approximate surface area is 103 Å². The number of aryl methyl sites for hydroxylation is 1. The molecular weight excluding hydrogens is 212 g/mol. The molecule has 1 saturated heterocycles. The van der Waals surface area contributed by atoms with Crippen LogP contribution in [0.4, 0.5) is 5.82 Å². The highest BCUT2D eigenvalue weighted by Gasteiger charge is 2.12. The zero-order valence-corrected chi connectivity index (χ0v) is 10.6. The minimum absolute atomic E-state index is 0.550. The second kappa shape index (κ2) is 6.55. The van der Waals surface area contributed by atoms with Gasteiger partial charge in [-0.05, 0) is 38.8 Å². The maximum Gasteiger partial charge on any atom is 0.129 e. The van der Waals surface area contributed by atoms with Crippen LogP contribution in [-0.4, -0.2) is 29.1 Å². The summed E-state index contributed by atoms with van der Waals surface area (Å²) in [7, 11) is 0. The largest absolute Gasteiger partial charge is 0.367 e. The van der Waals surface area contributed by atoms with Crippen molar-refractivity contribution >= 4 is 5.82 Å². The van der Waals surface area contributed by atoms with Crippen molar-refractivity contribution < 1.29 is 0 Å². The van der Waals surface area contributed by atoms with E-state index < -0.39 is 0 Å². The highest BCUT2D eigenvalue weighted by molar-refractivity contribution is 5.36. The summed E-state index contributed by atoms with van der Waals surface area (Å²) in [5.74, 6) is 0.982. The Morgan fingerprint density at radius 1 is 1.35 bits per heavy atom. The molecule has 1 aromatic heterocycles. The molecule has 1 unspecified atom stereocenters. The predicted molar refractivity (Wildman–Crippen MR) is 70.2 cm³/mol. The van der Waals surface area contributed by atoms with Gasteiger partial charge in [-0.3, -0.25) is 0 Å². The number of rotatable bonds is 4. The molecule has 0 amide bonds. The summed E-state index contributed by atoms with van der Waals surface area (Å²) in [5, 5.41) is 6.95. The van der Waals surface area contributed by atoms with Gasteiger partial charge in [-0.1, -0.05) is 13.3 Å². The van der Waals surface area contributed by atoms with Gasteiger partial charge < -0.3 is 10.6 Å². The van der Waals surface area contributed by atoms with E-state index in [1.54, 1.807) is 6.33 Å². The molecule has 1 atom stereocenters. The minimum atomic E-state index is 0.550. The Hall–Kier alpha value is -1.16. The van der Waals surface area contributed by atoms with Crippen LogP contribution in [0.25, 0.3) is 0 Å². The number of nitrogens with zero attached hydrogens (tertiary/aromatic N) is 2. The molecule has 1 aliphatic heterocycles. The third kappa shape index (κ3) is 3.97. The molecule has 4 nitrogen and oxygen atoms in total. The van der Waals surface area contributed by atoms with Crippen molar-refractivity contribution in [3.63, 3.8) is 0 Å². The topological polar surface area (TPSA) is 49.8 Å². The quantitative estimate of drug-likeness (QED) is 0.836. The molecule has 0 aromatic carbocycles. The van der Waals surface area contributed by atoms with E-state index in [4.69, 9.17) is 0 Å². The van der Waals surface area contributed by atoms with E-state index in [9.17, 15) is 0 Å². The number of aromatic nitrogens is 2. The summed E-state index contributed by atoms with van der Waals surface area (Å²) in [6.45, 7) is 4.42. The monoisotopic (exact) mass is 234 g/mol. The fourth-order valence-electron chi connectivity index (χ4n) is 2.24. The lowest BCUT2D eigenvalue weighted by atomic mass is 10.1. The molecule has 1 fully saturated rings. The van der Waals surface area contributed by atoms with E-state index >= 15 is 0 Å². The normalized spacial score (nSPS) is 20.9. The second-order valence-electron chi connectivity index (χ2n) is 4.67. The first kappa shape index (κ1) is 12.3. The summed E-state index contributed by atoms with van der Waals surface area (Å²) < 4.78 is 0. The third-order valence-electron chi connectivity index (χ3n) is 3.16. The summed E-state index contributed by atoms with van der Waals surface area (Å²) in [5.41, 5.74) is 1.14. The number of hydrogen-bond acceptors (Lipinski definition) is 4. The van der Waals surface area contributed by atoms with Crippen molar-refractivity contribution in [1.29, 1.82) is 0 Å². The van der Waals surface area contributed by atoms with Gasteiger partial charge in [0.1, 0.15) is 12.1 Å². The lowest BCUT2D eigenvalue weighted by molar-refractivity contribution is 0.634.